The smallest absolute Gasteiger partial charge is 0.355 e. The van der Waals surface area contributed by atoms with Gasteiger partial charge in [0.15, 0.2) is 0 Å². The fourth-order valence-electron chi connectivity index (χ4n) is 3.00. The molecule has 0 aliphatic carbocycles. The predicted molar refractivity (Wildman–Crippen MR) is 138 cm³/mol. The highest BCUT2D eigenvalue weighted by molar-refractivity contribution is 14.1. The van der Waals surface area contributed by atoms with Crippen LogP contribution in [0.15, 0.2) is 72.8 Å². The molecule has 1 atom stereocenters. The zero-order chi connectivity index (χ0) is 21.8. The monoisotopic (exact) mass is 655 g/mol. The van der Waals surface area contributed by atoms with E-state index in [1.807, 2.05) is 19.1 Å². The average Bonchev–Trinajstić information content (AvgIpc) is 2.78. The molecule has 9 heteroatoms. The van der Waals surface area contributed by atoms with Crippen molar-refractivity contribution in [2.75, 3.05) is 4.90 Å². The lowest BCUT2D eigenvalue weighted by atomic mass is 10.1. The number of hydrogen-bond acceptors (Lipinski definition) is 6. The Morgan fingerprint density at radius 1 is 0.710 bits per heavy atom. The number of nitrogens with zero attached hydrogens (tertiary/aromatic N) is 5. The second kappa shape index (κ2) is 10.0. The maximum Gasteiger partial charge on any atom is 0.355 e. The molecule has 0 spiro atoms. The first kappa shape index (κ1) is 22.2. The van der Waals surface area contributed by atoms with E-state index >= 15 is 0 Å². The predicted octanol–water partition coefficient (Wildman–Crippen LogP) is 6.74. The van der Waals surface area contributed by atoms with Crippen LogP contribution in [0.4, 0.5) is 17.1 Å². The van der Waals surface area contributed by atoms with Gasteiger partial charge in [0.05, 0.1) is 0 Å². The highest BCUT2D eigenvalue weighted by atomic mass is 127. The van der Waals surface area contributed by atoms with E-state index in [-0.39, 0.29) is 17.4 Å². The molecule has 0 bridgehead atoms. The van der Waals surface area contributed by atoms with Crippen molar-refractivity contribution < 1.29 is 4.74 Å². The number of benzene rings is 3. The van der Waals surface area contributed by atoms with Gasteiger partial charge in [-0.2, -0.15) is 0 Å². The summed E-state index contributed by atoms with van der Waals surface area (Å²) in [7, 11) is 0. The lowest BCUT2D eigenvalue weighted by molar-refractivity contribution is 0.201. The first-order valence-electron chi connectivity index (χ1n) is 9.30. The summed E-state index contributed by atoms with van der Waals surface area (Å²) in [5, 5.41) is 14.9. The molecule has 3 aromatic carbocycles. The van der Waals surface area contributed by atoms with E-state index in [9.17, 15) is 0 Å². The van der Waals surface area contributed by atoms with Crippen LogP contribution in [-0.2, 0) is 0 Å². The quantitative estimate of drug-likeness (QED) is 0.215. The summed E-state index contributed by atoms with van der Waals surface area (Å²) in [5.41, 5.74) is 4.20. The van der Waals surface area contributed by atoms with Crippen LogP contribution >= 0.6 is 56.8 Å². The summed E-state index contributed by atoms with van der Waals surface area (Å²) < 4.78 is 8.12. The third-order valence-electron chi connectivity index (χ3n) is 4.51. The van der Waals surface area contributed by atoms with Gasteiger partial charge in [0, 0.05) is 24.2 Å². The molecule has 1 aromatic heterocycles. The maximum atomic E-state index is 5.73. The third kappa shape index (κ3) is 5.60. The third-order valence-corrected chi connectivity index (χ3v) is 6.10. The molecule has 0 radical (unpaired) electrons. The summed E-state index contributed by atoms with van der Waals surface area (Å²) in [5.74, 6) is 0. The largest absolute Gasteiger partial charge is 0.453 e. The minimum absolute atomic E-state index is 0.0179. The molecule has 31 heavy (non-hydrogen) atoms. The Morgan fingerprint density at radius 2 is 1.13 bits per heavy atom. The van der Waals surface area contributed by atoms with Gasteiger partial charge in [0.25, 0.3) is 5.28 Å². The van der Waals surface area contributed by atoms with Gasteiger partial charge in [-0.3, -0.25) is 0 Å². The number of halogens is 3. The summed E-state index contributed by atoms with van der Waals surface area (Å²) in [4.78, 5) is 2.22. The van der Waals surface area contributed by atoms with Crippen molar-refractivity contribution in [2.24, 2.45) is 0 Å². The second-order valence-corrected chi connectivity index (χ2v) is 9.42. The van der Waals surface area contributed by atoms with Crippen LogP contribution < -0.4 is 9.64 Å². The fourth-order valence-corrected chi connectivity index (χ4v) is 3.80. The second-order valence-electron chi connectivity index (χ2n) is 6.59. The Bertz CT molecular complexity index is 1100. The standard InChI is InChI=1S/C22H16ClI2N5O/c1-14(31-22-28-26-21(23)27-29-22)15-2-8-18(9-3-15)30(19-10-4-16(24)5-11-19)20-12-6-17(25)7-13-20/h2-14H,1H3. The zero-order valence-corrected chi connectivity index (χ0v) is 21.4. The molecule has 0 aliphatic heterocycles. The average molecular weight is 656 g/mol. The van der Waals surface area contributed by atoms with E-state index in [1.54, 1.807) is 0 Å². The van der Waals surface area contributed by atoms with Crippen molar-refractivity contribution in [1.29, 1.82) is 0 Å². The van der Waals surface area contributed by atoms with Crippen LogP contribution in [0, 0.1) is 7.14 Å². The van der Waals surface area contributed by atoms with Gasteiger partial charge in [0.2, 0.25) is 0 Å². The molecule has 0 amide bonds. The highest BCUT2D eigenvalue weighted by Gasteiger charge is 2.15. The van der Waals surface area contributed by atoms with E-state index in [0.717, 1.165) is 22.6 Å². The van der Waals surface area contributed by atoms with E-state index < -0.39 is 0 Å². The summed E-state index contributed by atoms with van der Waals surface area (Å²) >= 11 is 10.3. The van der Waals surface area contributed by atoms with E-state index in [0.29, 0.717) is 0 Å². The van der Waals surface area contributed by atoms with Gasteiger partial charge in [-0.25, -0.2) is 0 Å². The molecular formula is C22H16ClI2N5O. The maximum absolute atomic E-state index is 5.73. The molecule has 1 unspecified atom stereocenters. The number of rotatable bonds is 6. The first-order valence-corrected chi connectivity index (χ1v) is 11.8. The van der Waals surface area contributed by atoms with Gasteiger partial charge in [-0.15, -0.1) is 10.2 Å². The van der Waals surface area contributed by atoms with Crippen molar-refractivity contribution in [3.63, 3.8) is 0 Å². The highest BCUT2D eigenvalue weighted by Crippen LogP contribution is 2.35. The molecule has 1 heterocycles. The molecule has 0 saturated heterocycles. The minimum atomic E-state index is -0.274. The summed E-state index contributed by atoms with van der Waals surface area (Å²) in [6.07, 6.45) is -0.274. The molecule has 4 aromatic rings. The van der Waals surface area contributed by atoms with Crippen molar-refractivity contribution in [3.05, 3.63) is 90.8 Å². The SMILES string of the molecule is CC(Oc1nnc(Cl)nn1)c1ccc(N(c2ccc(I)cc2)c2ccc(I)cc2)cc1. The fraction of sp³-hybridized carbons (Fsp3) is 0.0909. The van der Waals surface area contributed by atoms with Crippen LogP contribution in [0.25, 0.3) is 0 Å². The lowest BCUT2D eigenvalue weighted by Gasteiger charge is -2.26. The van der Waals surface area contributed by atoms with Crippen LogP contribution in [0.5, 0.6) is 6.01 Å². The molecule has 4 rings (SSSR count). The Balaban J connectivity index is 1.62. The molecule has 156 valence electrons. The van der Waals surface area contributed by atoms with E-state index in [1.165, 1.54) is 7.14 Å². The van der Waals surface area contributed by atoms with Crippen LogP contribution in [-0.4, -0.2) is 20.4 Å². The normalized spacial score (nSPS) is 11.7. The number of aromatic nitrogens is 4. The Kier molecular flexibility index (Phi) is 7.18. The molecule has 6 nitrogen and oxygen atoms in total. The van der Waals surface area contributed by atoms with Gasteiger partial charge >= 0.3 is 6.01 Å². The molecular weight excluding hydrogens is 640 g/mol. The molecule has 0 fully saturated rings. The van der Waals surface area contributed by atoms with Crippen molar-refractivity contribution in [3.8, 4) is 6.01 Å². The van der Waals surface area contributed by atoms with E-state index in [2.05, 4.69) is 131 Å². The van der Waals surface area contributed by atoms with Crippen molar-refractivity contribution in [1.82, 2.24) is 20.4 Å². The zero-order valence-electron chi connectivity index (χ0n) is 16.3. The first-order chi connectivity index (χ1) is 15.0. The van der Waals surface area contributed by atoms with Crippen molar-refractivity contribution >= 4 is 73.8 Å². The number of anilines is 3. The Labute approximate surface area is 212 Å². The molecule has 0 aliphatic rings. The minimum Gasteiger partial charge on any atom is -0.453 e. The molecule has 0 saturated carbocycles. The van der Waals surface area contributed by atoms with Crippen molar-refractivity contribution in [2.45, 2.75) is 13.0 Å². The molecule has 0 N–H and O–H groups in total. The van der Waals surface area contributed by atoms with Gasteiger partial charge in [-0.1, -0.05) is 22.3 Å². The van der Waals surface area contributed by atoms with Crippen LogP contribution in [0.3, 0.4) is 0 Å². The number of ether oxygens (including phenoxy) is 1. The number of hydrogen-bond donors (Lipinski definition) is 0. The Morgan fingerprint density at radius 3 is 1.58 bits per heavy atom. The van der Waals surface area contributed by atoms with Gasteiger partial charge < -0.3 is 9.64 Å². The van der Waals surface area contributed by atoms with Gasteiger partial charge in [0.1, 0.15) is 6.10 Å². The summed E-state index contributed by atoms with van der Waals surface area (Å²) in [6, 6.07) is 25.2. The van der Waals surface area contributed by atoms with Crippen LogP contribution in [0.2, 0.25) is 5.28 Å². The summed E-state index contributed by atoms with van der Waals surface area (Å²) in [6.45, 7) is 1.92. The Hall–Kier alpha value is -2.05. The van der Waals surface area contributed by atoms with E-state index in [4.69, 9.17) is 16.3 Å². The van der Waals surface area contributed by atoms with Crippen LogP contribution in [0.1, 0.15) is 18.6 Å². The lowest BCUT2D eigenvalue weighted by Crippen LogP contribution is -2.11. The van der Waals surface area contributed by atoms with Gasteiger partial charge in [-0.05, 0) is 130 Å². The topological polar surface area (TPSA) is 64.0 Å².